The van der Waals surface area contributed by atoms with Crippen LogP contribution in [0.15, 0.2) is 36.7 Å². The van der Waals surface area contributed by atoms with Gasteiger partial charge in [0.25, 0.3) is 0 Å². The van der Waals surface area contributed by atoms with E-state index in [0.717, 1.165) is 0 Å². The van der Waals surface area contributed by atoms with Crippen molar-refractivity contribution in [3.63, 3.8) is 0 Å². The second-order valence-electron chi connectivity index (χ2n) is 9.30. The molecule has 0 saturated carbocycles. The first-order valence-corrected chi connectivity index (χ1v) is 14.6. The van der Waals surface area contributed by atoms with Gasteiger partial charge >= 0.3 is 13.7 Å². The SMILES string of the molecule is CC[C@@H](O[C@H](COP(=O)(N[C@H](C)C(=O)OC(C)C)Oc1ccccc1)[C@@H](O)CF)n1cnc2c(NC)nc(N)nc21. The van der Waals surface area contributed by atoms with E-state index in [1.165, 1.54) is 13.3 Å². The fourth-order valence-electron chi connectivity index (χ4n) is 3.73. The Morgan fingerprint density at radius 2 is 1.93 bits per heavy atom. The first-order chi connectivity index (χ1) is 19.5. The van der Waals surface area contributed by atoms with Gasteiger partial charge in [-0.05, 0) is 39.3 Å². The number of aliphatic hydroxyl groups is 1. The summed E-state index contributed by atoms with van der Waals surface area (Å²) < 4.78 is 51.6. The highest BCUT2D eigenvalue weighted by molar-refractivity contribution is 7.52. The van der Waals surface area contributed by atoms with Crippen molar-refractivity contribution in [2.24, 2.45) is 0 Å². The van der Waals surface area contributed by atoms with Crippen molar-refractivity contribution in [3.8, 4) is 5.75 Å². The van der Waals surface area contributed by atoms with Crippen molar-refractivity contribution in [2.75, 3.05) is 31.4 Å². The van der Waals surface area contributed by atoms with Gasteiger partial charge in [0.2, 0.25) is 5.95 Å². The quantitative estimate of drug-likeness (QED) is 0.139. The highest BCUT2D eigenvalue weighted by atomic mass is 31.2. The molecule has 2 aromatic heterocycles. The summed E-state index contributed by atoms with van der Waals surface area (Å²) in [5.41, 5.74) is 6.62. The third kappa shape index (κ3) is 8.57. The van der Waals surface area contributed by atoms with Crippen LogP contribution in [-0.2, 0) is 23.4 Å². The maximum Gasteiger partial charge on any atom is 0.459 e. The number of nitrogens with two attached hydrogens (primary N) is 1. The maximum absolute atomic E-state index is 13.8. The van der Waals surface area contributed by atoms with Crippen LogP contribution in [-0.4, -0.2) is 75.3 Å². The number of nitrogen functional groups attached to an aromatic ring is 1. The molecule has 1 unspecified atom stereocenters. The molecule has 0 fully saturated rings. The minimum absolute atomic E-state index is 0.00248. The van der Waals surface area contributed by atoms with Crippen LogP contribution in [0.4, 0.5) is 16.2 Å². The molecule has 5 atom stereocenters. The number of imidazole rings is 1. The van der Waals surface area contributed by atoms with E-state index in [1.54, 1.807) is 62.7 Å². The molecule has 16 heteroatoms. The van der Waals surface area contributed by atoms with Crippen molar-refractivity contribution in [3.05, 3.63) is 36.7 Å². The number of nitrogens with one attached hydrogen (secondary N) is 2. The van der Waals surface area contributed by atoms with Crippen LogP contribution in [0.1, 0.15) is 40.3 Å². The Bertz CT molecular complexity index is 1330. The van der Waals surface area contributed by atoms with Gasteiger partial charge in [-0.25, -0.2) is 13.9 Å². The Balaban J connectivity index is 1.85. The number of hydrogen-bond acceptors (Lipinski definition) is 12. The zero-order valence-electron chi connectivity index (χ0n) is 23.6. The van der Waals surface area contributed by atoms with Crippen molar-refractivity contribution in [1.29, 1.82) is 0 Å². The van der Waals surface area contributed by atoms with Gasteiger partial charge in [0.1, 0.15) is 36.9 Å². The molecule has 0 spiro atoms. The molecule has 0 aliphatic rings. The van der Waals surface area contributed by atoms with E-state index in [2.05, 4.69) is 25.4 Å². The molecule has 3 rings (SSSR count). The molecule has 226 valence electrons. The second-order valence-corrected chi connectivity index (χ2v) is 11.0. The predicted octanol–water partition coefficient (Wildman–Crippen LogP) is 3.21. The summed E-state index contributed by atoms with van der Waals surface area (Å²) >= 11 is 0. The number of hydrogen-bond donors (Lipinski definition) is 4. The third-order valence-electron chi connectivity index (χ3n) is 5.69. The number of aromatic nitrogens is 4. The van der Waals surface area contributed by atoms with Gasteiger partial charge in [-0.15, -0.1) is 0 Å². The fourth-order valence-corrected chi connectivity index (χ4v) is 5.23. The molecule has 0 radical (unpaired) electrons. The second kappa shape index (κ2) is 14.5. The largest absolute Gasteiger partial charge is 0.462 e. The van der Waals surface area contributed by atoms with Crippen molar-refractivity contribution in [1.82, 2.24) is 24.6 Å². The Hall–Kier alpha value is -3.36. The number of para-hydroxylation sites is 1. The summed E-state index contributed by atoms with van der Waals surface area (Å²) in [7, 11) is -2.64. The number of halogens is 1. The van der Waals surface area contributed by atoms with Gasteiger partial charge in [-0.3, -0.25) is 13.9 Å². The molecular formula is C25H37FN7O7P. The minimum atomic E-state index is -4.30. The number of aliphatic hydroxyl groups excluding tert-OH is 1. The number of carbonyl (C=O) groups is 1. The van der Waals surface area contributed by atoms with Gasteiger partial charge in [0.05, 0.1) is 19.0 Å². The summed E-state index contributed by atoms with van der Waals surface area (Å²) in [4.78, 5) is 25.1. The molecule has 0 bridgehead atoms. The molecule has 5 N–H and O–H groups in total. The minimum Gasteiger partial charge on any atom is -0.462 e. The molecule has 0 amide bonds. The lowest BCUT2D eigenvalue weighted by molar-refractivity contribution is -0.149. The lowest BCUT2D eigenvalue weighted by Crippen LogP contribution is -2.39. The molecule has 41 heavy (non-hydrogen) atoms. The van der Waals surface area contributed by atoms with E-state index in [0.29, 0.717) is 23.4 Å². The zero-order chi connectivity index (χ0) is 30.2. The standard InChI is InChI=1S/C25H37FN7O7P/c1-6-20(33-14-29-21-22(28-5)30-25(27)31-23(21)33)39-19(18(34)12-26)13-37-41(36,40-17-10-8-7-9-11-17)32-16(4)24(35)38-15(2)3/h7-11,14-16,18-20,34H,6,12-13H2,1-5H3,(H,32,36)(H3,27,28,30,31)/t16-,18+,19-,20-,41?/m1/s1. The number of carbonyl (C=O) groups excluding carboxylic acids is 1. The number of alkyl halides is 1. The topological polar surface area (TPSA) is 185 Å². The number of fused-ring (bicyclic) bond motifs is 1. The van der Waals surface area contributed by atoms with E-state index in [4.69, 9.17) is 24.3 Å². The van der Waals surface area contributed by atoms with Gasteiger partial charge in [-0.1, -0.05) is 25.1 Å². The summed E-state index contributed by atoms with van der Waals surface area (Å²) in [5, 5.41) is 15.9. The van der Waals surface area contributed by atoms with Gasteiger partial charge < -0.3 is 30.2 Å². The van der Waals surface area contributed by atoms with E-state index in [-0.39, 0.29) is 11.7 Å². The highest BCUT2D eigenvalue weighted by Crippen LogP contribution is 2.45. The lowest BCUT2D eigenvalue weighted by atomic mass is 10.2. The first-order valence-electron chi connectivity index (χ1n) is 13.0. The predicted molar refractivity (Wildman–Crippen MR) is 150 cm³/mol. The average molecular weight is 598 g/mol. The van der Waals surface area contributed by atoms with E-state index >= 15 is 0 Å². The average Bonchev–Trinajstić information content (AvgIpc) is 3.36. The lowest BCUT2D eigenvalue weighted by Gasteiger charge is -2.29. The summed E-state index contributed by atoms with van der Waals surface area (Å²) in [6.07, 6.45) is -2.39. The van der Waals surface area contributed by atoms with Crippen LogP contribution < -0.4 is 20.7 Å². The molecule has 0 aliphatic heterocycles. The molecule has 3 aromatic rings. The number of benzene rings is 1. The molecule has 1 aromatic carbocycles. The first kappa shape index (κ1) is 32.2. The zero-order valence-corrected chi connectivity index (χ0v) is 24.5. The van der Waals surface area contributed by atoms with E-state index in [9.17, 15) is 18.9 Å². The van der Waals surface area contributed by atoms with Gasteiger partial charge in [-0.2, -0.15) is 15.1 Å². The number of nitrogens with zero attached hydrogens (tertiary/aromatic N) is 4. The van der Waals surface area contributed by atoms with Crippen LogP contribution in [0, 0.1) is 0 Å². The fraction of sp³-hybridized carbons (Fsp3) is 0.520. The van der Waals surface area contributed by atoms with Crippen molar-refractivity contribution >= 4 is 36.6 Å². The van der Waals surface area contributed by atoms with Crippen LogP contribution in [0.2, 0.25) is 0 Å². The Morgan fingerprint density at radius 1 is 1.22 bits per heavy atom. The maximum atomic E-state index is 13.8. The Kier molecular flexibility index (Phi) is 11.4. The van der Waals surface area contributed by atoms with Crippen molar-refractivity contribution in [2.45, 2.75) is 64.7 Å². The Labute approximate surface area is 237 Å². The van der Waals surface area contributed by atoms with Crippen LogP contribution in [0.3, 0.4) is 0 Å². The monoisotopic (exact) mass is 597 g/mol. The normalized spacial score (nSPS) is 16.1. The van der Waals surface area contributed by atoms with E-state index < -0.39 is 57.6 Å². The number of rotatable bonds is 16. The third-order valence-corrected chi connectivity index (χ3v) is 7.33. The van der Waals surface area contributed by atoms with Crippen LogP contribution >= 0.6 is 7.75 Å². The highest BCUT2D eigenvalue weighted by Gasteiger charge is 2.35. The van der Waals surface area contributed by atoms with E-state index in [1.807, 2.05) is 0 Å². The summed E-state index contributed by atoms with van der Waals surface area (Å²) in [6.45, 7) is 4.83. The Morgan fingerprint density at radius 3 is 2.54 bits per heavy atom. The number of ether oxygens (including phenoxy) is 2. The molecule has 14 nitrogen and oxygen atoms in total. The van der Waals surface area contributed by atoms with Gasteiger partial charge in [0.15, 0.2) is 17.0 Å². The molecule has 0 saturated heterocycles. The van der Waals surface area contributed by atoms with Crippen molar-refractivity contribution < 1.29 is 37.4 Å². The van der Waals surface area contributed by atoms with Crippen LogP contribution in [0.5, 0.6) is 5.75 Å². The molecule has 2 heterocycles. The number of esters is 1. The summed E-state index contributed by atoms with van der Waals surface area (Å²) in [5.74, 6) is -0.0974. The summed E-state index contributed by atoms with van der Waals surface area (Å²) in [6, 6.07) is 7.05. The van der Waals surface area contributed by atoms with Crippen LogP contribution in [0.25, 0.3) is 11.2 Å². The smallest absolute Gasteiger partial charge is 0.459 e. The van der Waals surface area contributed by atoms with Gasteiger partial charge in [0, 0.05) is 7.05 Å². The number of anilines is 2. The molecular weight excluding hydrogens is 560 g/mol. The molecule has 0 aliphatic carbocycles.